The lowest BCUT2D eigenvalue weighted by molar-refractivity contribution is -0.234. The monoisotopic (exact) mass is 1430 g/mol. The molecule has 103 heavy (non-hydrogen) atoms. The van der Waals surface area contributed by atoms with Gasteiger partial charge in [-0.05, 0) is 125 Å². The molecule has 560 valence electrons. The lowest BCUT2D eigenvalue weighted by Gasteiger charge is -2.63. The number of esters is 1. The number of benzene rings is 3. The number of hydrogen-bond acceptors (Lipinski definition) is 17. The number of hydrogen-bond donors (Lipinski definition) is 6. The maximum absolute atomic E-state index is 17.4. The second-order valence-corrected chi connectivity index (χ2v) is 27.9. The number of anilines is 2. The molecule has 3 aromatic carbocycles. The van der Waals surface area contributed by atoms with Crippen molar-refractivity contribution in [3.8, 4) is 11.8 Å². The number of nitrogens with zero attached hydrogens (tertiary/aromatic N) is 1. The summed E-state index contributed by atoms with van der Waals surface area (Å²) in [6.07, 6.45) is 1.19. The van der Waals surface area contributed by atoms with Crippen LogP contribution in [0.2, 0.25) is 0 Å². The molecule has 0 aromatic heterocycles. The Morgan fingerprint density at radius 3 is 2.12 bits per heavy atom. The van der Waals surface area contributed by atoms with Gasteiger partial charge >= 0.3 is 12.0 Å². The number of aliphatic hydroxyl groups is 1. The van der Waals surface area contributed by atoms with E-state index in [1.165, 1.54) is 12.2 Å². The topological polar surface area (TPSA) is 316 Å². The number of Topliss-reactive ketones (excluding diaryl/α,β-unsaturated/α-hetero) is 2. The van der Waals surface area contributed by atoms with Crippen molar-refractivity contribution in [3.05, 3.63) is 119 Å². The van der Waals surface area contributed by atoms with Crippen molar-refractivity contribution in [1.29, 1.82) is 0 Å². The highest BCUT2D eigenvalue weighted by Gasteiger charge is 2.80. The maximum atomic E-state index is 17.4. The smallest absolute Gasteiger partial charge is 0.312 e. The van der Waals surface area contributed by atoms with Crippen LogP contribution in [-0.4, -0.2) is 173 Å². The van der Waals surface area contributed by atoms with Gasteiger partial charge in [0.1, 0.15) is 6.17 Å². The molecule has 2 aliphatic heterocycles. The first-order valence-corrected chi connectivity index (χ1v) is 36.1. The van der Waals surface area contributed by atoms with Crippen LogP contribution < -0.4 is 31.9 Å². The predicted octanol–water partition coefficient (Wildman–Crippen LogP) is 8.51. The number of aryl methyl sites for hydroxylation is 1. The Hall–Kier alpha value is -8.09. The van der Waals surface area contributed by atoms with Gasteiger partial charge < -0.3 is 70.2 Å². The number of primary amides is 1. The molecule has 4 aliphatic carbocycles. The average molecular weight is 1430 g/mol. The Morgan fingerprint density at radius 1 is 0.777 bits per heavy atom. The molecule has 0 radical (unpaired) electrons. The van der Waals surface area contributed by atoms with E-state index in [9.17, 15) is 48.3 Å². The number of fused-ring (bicyclic) bond motifs is 9. The van der Waals surface area contributed by atoms with Crippen LogP contribution in [0.4, 0.5) is 25.0 Å². The number of nitrogens with one attached hydrogen (secondary N) is 4. The summed E-state index contributed by atoms with van der Waals surface area (Å²) in [5, 5.41) is 22.6. The van der Waals surface area contributed by atoms with Gasteiger partial charge in [-0.2, -0.15) is 0 Å². The number of para-hydroxylation sites is 1. The quantitative estimate of drug-likeness (QED) is 0.0180. The maximum Gasteiger partial charge on any atom is 0.312 e. The van der Waals surface area contributed by atoms with Gasteiger partial charge in [-0.1, -0.05) is 100 Å². The van der Waals surface area contributed by atoms with E-state index >= 15 is 8.78 Å². The summed E-state index contributed by atoms with van der Waals surface area (Å²) in [5.41, 5.74) is 3.89. The number of carbonyl (C=O) groups excluding carboxylic acids is 9. The number of ether oxygens (including phenoxy) is 7. The zero-order chi connectivity index (χ0) is 74.5. The fraction of sp³-hybridized carbons (Fsp3) is 0.577. The zero-order valence-corrected chi connectivity index (χ0v) is 60.3. The minimum absolute atomic E-state index is 0.0411. The van der Waals surface area contributed by atoms with Crippen molar-refractivity contribution < 1.29 is 90.2 Å². The zero-order valence-electron chi connectivity index (χ0n) is 60.3. The van der Waals surface area contributed by atoms with Gasteiger partial charge in [0.05, 0.1) is 96.4 Å². The number of aliphatic hydroxyl groups excluding tert-OH is 1. The molecular weight excluding hydrogens is 1330 g/mol. The summed E-state index contributed by atoms with van der Waals surface area (Å²) < 4.78 is 73.0. The molecule has 7 N–H and O–H groups in total. The van der Waals surface area contributed by atoms with E-state index in [0.29, 0.717) is 77.7 Å². The summed E-state index contributed by atoms with van der Waals surface area (Å²) in [6.45, 7) is 16.1. The molecule has 2 heterocycles. The van der Waals surface area contributed by atoms with E-state index < -0.39 is 88.3 Å². The highest BCUT2D eigenvalue weighted by atomic mass is 19.1. The molecule has 0 bridgehead atoms. The lowest BCUT2D eigenvalue weighted by atomic mass is 9.44. The third kappa shape index (κ3) is 19.9. The molecule has 1 unspecified atom stereocenters. The molecule has 6 amide bonds. The van der Waals surface area contributed by atoms with E-state index in [2.05, 4.69) is 33.1 Å². The van der Waals surface area contributed by atoms with Crippen LogP contribution in [0.5, 0.6) is 0 Å². The third-order valence-electron chi connectivity index (χ3n) is 20.6. The number of urea groups is 1. The van der Waals surface area contributed by atoms with Gasteiger partial charge in [0, 0.05) is 84.7 Å². The SMILES string of the molecule is CCCC1O[C@@H]2C[C@H]3[C@@H]4C[C@H](F)C5=CC(=O)C=C[C@]5(C)[C@@]4(F)[C@@H](O)C[C@]3(C)[C@]2(C(=O)CCC(=O)OCC)O1.Cc1ccc(NC(=O)[C@H](CCCNC(N)=O)CC(=O)[C@@H](NC(=O)CCOCCOCCOCCOCCNC(=O)CCC(=O)N2Cc3ccccc3C#Cc3ccccc32)C(C)C)cc1. The summed E-state index contributed by atoms with van der Waals surface area (Å²) in [5.74, 6) is 1.47. The fourth-order valence-electron chi connectivity index (χ4n) is 15.4. The van der Waals surface area contributed by atoms with Crippen molar-refractivity contribution in [1.82, 2.24) is 16.0 Å². The molecule has 3 saturated carbocycles. The van der Waals surface area contributed by atoms with Gasteiger partial charge in [-0.25, -0.2) is 13.6 Å². The number of alkyl halides is 2. The van der Waals surface area contributed by atoms with E-state index in [4.69, 9.17) is 38.9 Å². The van der Waals surface area contributed by atoms with Crippen molar-refractivity contribution in [2.45, 2.75) is 180 Å². The molecule has 4 fully saturated rings. The van der Waals surface area contributed by atoms with E-state index in [0.717, 1.165) is 40.4 Å². The molecule has 6 aliphatic rings. The van der Waals surface area contributed by atoms with Crippen LogP contribution in [-0.2, 0) is 78.1 Å². The molecule has 0 spiro atoms. The van der Waals surface area contributed by atoms with Crippen LogP contribution in [0.1, 0.15) is 147 Å². The first-order valence-electron chi connectivity index (χ1n) is 36.1. The Kier molecular flexibility index (Phi) is 29.4. The summed E-state index contributed by atoms with van der Waals surface area (Å²) in [4.78, 5) is 116. The minimum atomic E-state index is -2.25. The lowest BCUT2D eigenvalue weighted by Crippen LogP contribution is -2.70. The summed E-state index contributed by atoms with van der Waals surface area (Å²) in [7, 11) is 0. The molecular formula is C78H102F2N6O17. The fourth-order valence-corrected chi connectivity index (χ4v) is 15.4. The molecule has 25 heteroatoms. The first-order chi connectivity index (χ1) is 49.3. The number of nitrogens with two attached hydrogens (primary N) is 1. The molecule has 1 saturated heterocycles. The second-order valence-electron chi connectivity index (χ2n) is 27.9. The molecule has 3 aromatic rings. The highest BCUT2D eigenvalue weighted by molar-refractivity contribution is 6.02. The summed E-state index contributed by atoms with van der Waals surface area (Å²) >= 11 is 0. The van der Waals surface area contributed by atoms with E-state index in [1.807, 2.05) is 95.3 Å². The highest BCUT2D eigenvalue weighted by Crippen LogP contribution is 2.72. The van der Waals surface area contributed by atoms with Crippen molar-refractivity contribution in [2.24, 2.45) is 40.2 Å². The van der Waals surface area contributed by atoms with Crippen molar-refractivity contribution >= 4 is 64.4 Å². The third-order valence-corrected chi connectivity index (χ3v) is 20.6. The Bertz CT molecular complexity index is 3620. The van der Waals surface area contributed by atoms with Crippen LogP contribution in [0, 0.1) is 53.3 Å². The molecule has 12 atom stereocenters. The van der Waals surface area contributed by atoms with Gasteiger partial charge in [0.15, 0.2) is 34.9 Å². The number of amides is 6. The molecule has 23 nitrogen and oxygen atoms in total. The Balaban J connectivity index is 0.000000298. The van der Waals surface area contributed by atoms with Crippen molar-refractivity contribution in [3.63, 3.8) is 0 Å². The predicted molar refractivity (Wildman–Crippen MR) is 379 cm³/mol. The van der Waals surface area contributed by atoms with Crippen LogP contribution in [0.3, 0.4) is 0 Å². The standard InChI is InChI=1S/C49H64N6O10.C29H38F2O7/c1-35(2)47(43(56)33-39(12-8-23-52-49(50)61)48(60)53-41-18-14-36(3)15-19-41)54-45(58)22-25-62-27-29-64-31-32-65-30-28-63-26-24-51-44(57)20-21-46(59)55-34-40-11-5-4-9-37(40)16-17-38-10-6-7-13-42(38)55;1-5-7-25-37-23-14-17-18-13-20(30)19-12-16(32)10-11-26(19,3)28(18,31)22(34)15-27(17,4)29(23,38-25)21(33)8-9-24(35)36-6-2/h4-7,9-11,13-15,18-19,35,39,47H,8,12,20-34H2,1-3H3,(H,51,57)(H,53,60)(H,54,58)(H3,50,52,61);10-12,17-18,20,22-23,25,34H,5-9,13-15H2,1-4H3/t39-,47+;17-,18-,20-,22-,23+,25?,26-,27-,28-,29+/m10/s1. The normalized spacial score (nSPS) is 25.3. The largest absolute Gasteiger partial charge is 0.466 e. The number of allylic oxidation sites excluding steroid dienone is 4. The average Bonchev–Trinajstić information content (AvgIpc) is 1.56. The van der Waals surface area contributed by atoms with Crippen LogP contribution >= 0.6 is 0 Å². The summed E-state index contributed by atoms with van der Waals surface area (Å²) in [6, 6.07) is 21.2. The van der Waals surface area contributed by atoms with Crippen LogP contribution in [0.25, 0.3) is 0 Å². The van der Waals surface area contributed by atoms with Crippen LogP contribution in [0.15, 0.2) is 96.6 Å². The Morgan fingerprint density at radius 2 is 1.44 bits per heavy atom. The number of carbonyl (C=O) groups is 9. The van der Waals surface area contributed by atoms with Gasteiger partial charge in [0.25, 0.3) is 0 Å². The first kappa shape index (κ1) is 80.6. The van der Waals surface area contributed by atoms with E-state index in [1.54, 1.807) is 30.9 Å². The number of rotatable bonds is 36. The second kappa shape index (κ2) is 37.6. The van der Waals surface area contributed by atoms with Crippen molar-refractivity contribution in [2.75, 3.05) is 82.8 Å². The number of halogens is 2. The van der Waals surface area contributed by atoms with Gasteiger partial charge in [0.2, 0.25) is 23.6 Å². The Labute approximate surface area is 602 Å². The minimum Gasteiger partial charge on any atom is -0.466 e. The van der Waals surface area contributed by atoms with Gasteiger partial charge in [-0.15, -0.1) is 0 Å². The number of ketones is 3. The molecule has 9 rings (SSSR count). The van der Waals surface area contributed by atoms with Gasteiger partial charge in [-0.3, -0.25) is 38.4 Å². The van der Waals surface area contributed by atoms with E-state index in [-0.39, 0.29) is 131 Å².